The van der Waals surface area contributed by atoms with Crippen LogP contribution in [0.15, 0.2) is 24.3 Å². The number of hydrogen-bond donors (Lipinski definition) is 2. The number of esters is 2. The first-order valence-corrected chi connectivity index (χ1v) is 5.85. The van der Waals surface area contributed by atoms with Gasteiger partial charge in [-0.15, -0.1) is 0 Å². The summed E-state index contributed by atoms with van der Waals surface area (Å²) >= 11 is 0. The van der Waals surface area contributed by atoms with Crippen LogP contribution in [0.2, 0.25) is 0 Å². The minimum Gasteiger partial charge on any atom is -0.460 e. The molecule has 6 nitrogen and oxygen atoms in total. The van der Waals surface area contributed by atoms with Crippen molar-refractivity contribution in [1.82, 2.24) is 0 Å². The van der Waals surface area contributed by atoms with E-state index in [2.05, 4.69) is 9.47 Å². The van der Waals surface area contributed by atoms with Crippen LogP contribution >= 0.6 is 0 Å². The molecule has 0 aliphatic heterocycles. The molecule has 0 bridgehead atoms. The smallest absolute Gasteiger partial charge is 0.330 e. The molecule has 6 heteroatoms. The Labute approximate surface area is 113 Å². The molecule has 110 valence electrons. The minimum absolute atomic E-state index is 0.0587. The van der Waals surface area contributed by atoms with E-state index in [0.717, 1.165) is 0 Å². The fourth-order valence-electron chi connectivity index (χ4n) is 0.717. The lowest BCUT2D eigenvalue weighted by Crippen LogP contribution is -2.13. The van der Waals surface area contributed by atoms with Gasteiger partial charge >= 0.3 is 11.9 Å². The predicted molar refractivity (Wildman–Crippen MR) is 70.3 cm³/mol. The van der Waals surface area contributed by atoms with E-state index in [0.29, 0.717) is 0 Å². The van der Waals surface area contributed by atoms with Gasteiger partial charge in [-0.05, 0) is 20.8 Å². The van der Waals surface area contributed by atoms with Crippen molar-refractivity contribution in [2.75, 3.05) is 19.8 Å². The SMILES string of the molecule is C/C=C/C(=O)OCC(C)O.C/C=C/C(=O)OCCO. The standard InChI is InChI=1S/C7H12O3.C6H10O3/c1-3-4-7(9)10-5-6(2)8;1-2-3-6(8)9-5-4-7/h3-4,6,8H,5H2,1-2H3;2-3,7H,4-5H2,1H3/b4-3+;3-2+. The zero-order valence-electron chi connectivity index (χ0n) is 11.5. The molecule has 1 unspecified atom stereocenters. The predicted octanol–water partition coefficient (Wildman–Crippen LogP) is 0.584. The van der Waals surface area contributed by atoms with Crippen molar-refractivity contribution in [1.29, 1.82) is 0 Å². The number of hydrogen-bond acceptors (Lipinski definition) is 6. The summed E-state index contributed by atoms with van der Waals surface area (Å²) in [6.07, 6.45) is 5.19. The molecule has 1 atom stereocenters. The summed E-state index contributed by atoms with van der Waals surface area (Å²) in [5, 5.41) is 16.9. The van der Waals surface area contributed by atoms with E-state index in [9.17, 15) is 9.59 Å². The van der Waals surface area contributed by atoms with Crippen molar-refractivity contribution < 1.29 is 29.3 Å². The largest absolute Gasteiger partial charge is 0.460 e. The molecule has 0 aliphatic rings. The topological polar surface area (TPSA) is 93.1 Å². The van der Waals surface area contributed by atoms with Gasteiger partial charge in [-0.25, -0.2) is 9.59 Å². The van der Waals surface area contributed by atoms with Gasteiger partial charge in [-0.1, -0.05) is 12.2 Å². The van der Waals surface area contributed by atoms with E-state index in [4.69, 9.17) is 10.2 Å². The maximum atomic E-state index is 10.5. The highest BCUT2D eigenvalue weighted by molar-refractivity contribution is 5.82. The van der Waals surface area contributed by atoms with Gasteiger partial charge in [-0.2, -0.15) is 0 Å². The number of carbonyl (C=O) groups excluding carboxylic acids is 2. The fourth-order valence-corrected chi connectivity index (χ4v) is 0.717. The van der Waals surface area contributed by atoms with Crippen LogP contribution in [0, 0.1) is 0 Å². The lowest BCUT2D eigenvalue weighted by Gasteiger charge is -2.02. The Morgan fingerprint density at radius 1 is 1.11 bits per heavy atom. The molecule has 0 amide bonds. The molecule has 0 aromatic carbocycles. The summed E-state index contributed by atoms with van der Waals surface area (Å²) in [7, 11) is 0. The van der Waals surface area contributed by atoms with Gasteiger partial charge < -0.3 is 19.7 Å². The van der Waals surface area contributed by atoms with Crippen LogP contribution in [0.1, 0.15) is 20.8 Å². The fraction of sp³-hybridized carbons (Fsp3) is 0.538. The zero-order valence-corrected chi connectivity index (χ0v) is 11.5. The number of aliphatic hydroxyl groups excluding tert-OH is 2. The quantitative estimate of drug-likeness (QED) is 0.544. The summed E-state index contributed by atoms with van der Waals surface area (Å²) in [6.45, 7) is 5.02. The molecule has 0 aromatic rings. The van der Waals surface area contributed by atoms with Crippen LogP contribution in [-0.2, 0) is 19.1 Å². The average Bonchev–Trinajstić information content (AvgIpc) is 2.35. The Hall–Kier alpha value is -1.66. The molecule has 2 N–H and O–H groups in total. The van der Waals surface area contributed by atoms with Crippen molar-refractivity contribution in [3.8, 4) is 0 Å². The Bertz CT molecular complexity index is 294. The highest BCUT2D eigenvalue weighted by Gasteiger charge is 1.98. The average molecular weight is 274 g/mol. The van der Waals surface area contributed by atoms with Gasteiger partial charge in [0.05, 0.1) is 12.7 Å². The molecule has 0 rings (SSSR count). The summed E-state index contributed by atoms with van der Waals surface area (Å²) < 4.78 is 9.02. The molecular weight excluding hydrogens is 252 g/mol. The second-order valence-electron chi connectivity index (χ2n) is 3.37. The van der Waals surface area contributed by atoms with Gasteiger partial charge in [0.1, 0.15) is 13.2 Å². The van der Waals surface area contributed by atoms with E-state index in [-0.39, 0.29) is 19.8 Å². The number of aliphatic hydroxyl groups is 2. The summed E-state index contributed by atoms with van der Waals surface area (Å²) in [5.41, 5.74) is 0. The molecule has 0 aliphatic carbocycles. The first kappa shape index (κ1) is 19.7. The molecule has 0 heterocycles. The van der Waals surface area contributed by atoms with Gasteiger partial charge in [-0.3, -0.25) is 0 Å². The van der Waals surface area contributed by atoms with Crippen LogP contribution in [-0.4, -0.2) is 48.1 Å². The summed E-state index contributed by atoms with van der Waals surface area (Å²) in [4.78, 5) is 20.9. The zero-order chi connectivity index (χ0) is 15.1. The van der Waals surface area contributed by atoms with E-state index in [1.807, 2.05) is 0 Å². The maximum absolute atomic E-state index is 10.5. The summed E-state index contributed by atoms with van der Waals surface area (Å²) in [5.74, 6) is -0.824. The van der Waals surface area contributed by atoms with Crippen LogP contribution < -0.4 is 0 Å². The lowest BCUT2D eigenvalue weighted by atomic mass is 10.4. The van der Waals surface area contributed by atoms with Gasteiger partial charge in [0.2, 0.25) is 0 Å². The summed E-state index contributed by atoms with van der Waals surface area (Å²) in [6, 6.07) is 0. The number of allylic oxidation sites excluding steroid dienone is 2. The highest BCUT2D eigenvalue weighted by Crippen LogP contribution is 1.85. The van der Waals surface area contributed by atoms with E-state index >= 15 is 0 Å². The van der Waals surface area contributed by atoms with Crippen molar-refractivity contribution in [2.45, 2.75) is 26.9 Å². The van der Waals surface area contributed by atoms with Crippen LogP contribution in [0.4, 0.5) is 0 Å². The number of carbonyl (C=O) groups is 2. The molecule has 0 spiro atoms. The lowest BCUT2D eigenvalue weighted by molar-refractivity contribution is -0.140. The van der Waals surface area contributed by atoms with E-state index < -0.39 is 18.0 Å². The molecule has 0 radical (unpaired) electrons. The van der Waals surface area contributed by atoms with Crippen LogP contribution in [0.3, 0.4) is 0 Å². The van der Waals surface area contributed by atoms with Crippen molar-refractivity contribution in [3.63, 3.8) is 0 Å². The second kappa shape index (κ2) is 14.4. The third-order valence-corrected chi connectivity index (χ3v) is 1.41. The minimum atomic E-state index is -0.589. The molecule has 0 aromatic heterocycles. The number of ether oxygens (including phenoxy) is 2. The van der Waals surface area contributed by atoms with Gasteiger partial charge in [0.25, 0.3) is 0 Å². The van der Waals surface area contributed by atoms with E-state index in [1.165, 1.54) is 12.2 Å². The Morgan fingerprint density at radius 2 is 1.58 bits per heavy atom. The third kappa shape index (κ3) is 18.9. The van der Waals surface area contributed by atoms with Crippen molar-refractivity contribution in [2.24, 2.45) is 0 Å². The van der Waals surface area contributed by atoms with Gasteiger partial charge in [0.15, 0.2) is 0 Å². The highest BCUT2D eigenvalue weighted by atomic mass is 16.5. The first-order chi connectivity index (χ1) is 8.97. The van der Waals surface area contributed by atoms with E-state index in [1.54, 1.807) is 32.9 Å². The number of rotatable bonds is 6. The Balaban J connectivity index is 0. The van der Waals surface area contributed by atoms with Crippen LogP contribution in [0.25, 0.3) is 0 Å². The molecule has 0 saturated heterocycles. The monoisotopic (exact) mass is 274 g/mol. The normalized spacial score (nSPS) is 11.8. The first-order valence-electron chi connectivity index (χ1n) is 5.85. The molecule has 0 saturated carbocycles. The van der Waals surface area contributed by atoms with Crippen LogP contribution in [0.5, 0.6) is 0 Å². The molecule has 19 heavy (non-hydrogen) atoms. The Kier molecular flexibility index (Phi) is 14.9. The molecule has 0 fully saturated rings. The Morgan fingerprint density at radius 3 is 1.95 bits per heavy atom. The molecular formula is C13H22O6. The second-order valence-corrected chi connectivity index (χ2v) is 3.37. The van der Waals surface area contributed by atoms with Gasteiger partial charge in [0, 0.05) is 12.2 Å². The van der Waals surface area contributed by atoms with Crippen molar-refractivity contribution in [3.05, 3.63) is 24.3 Å². The third-order valence-electron chi connectivity index (χ3n) is 1.41. The van der Waals surface area contributed by atoms with Crippen molar-refractivity contribution >= 4 is 11.9 Å². The maximum Gasteiger partial charge on any atom is 0.330 e.